The zero-order valence-electron chi connectivity index (χ0n) is 12.5. The predicted octanol–water partition coefficient (Wildman–Crippen LogP) is 3.11. The summed E-state index contributed by atoms with van der Waals surface area (Å²) in [5.41, 5.74) is 1.05. The molecule has 0 spiro atoms. The molecule has 2 heterocycles. The Kier molecular flexibility index (Phi) is 5.25. The summed E-state index contributed by atoms with van der Waals surface area (Å²) in [7, 11) is 0. The summed E-state index contributed by atoms with van der Waals surface area (Å²) in [6.07, 6.45) is 4.50. The van der Waals surface area contributed by atoms with Gasteiger partial charge in [0.2, 0.25) is 0 Å². The maximum atomic E-state index is 12.2. The fourth-order valence-electron chi connectivity index (χ4n) is 2.28. The van der Waals surface area contributed by atoms with E-state index in [9.17, 15) is 4.79 Å². The molecule has 2 N–H and O–H groups in total. The number of hydrogen-bond acceptors (Lipinski definition) is 5. The summed E-state index contributed by atoms with van der Waals surface area (Å²) in [5, 5.41) is 7.17. The number of amidine groups is 1. The second-order valence-electron chi connectivity index (χ2n) is 5.22. The second-order valence-corrected chi connectivity index (χ2v) is 6.74. The van der Waals surface area contributed by atoms with Crippen LogP contribution in [0.1, 0.15) is 23.3 Å². The first kappa shape index (κ1) is 16.0. The number of anilines is 1. The number of rotatable bonds is 4. The number of aromatic nitrogens is 1. The highest BCUT2D eigenvalue weighted by Gasteiger charge is 2.15. The van der Waals surface area contributed by atoms with Crippen LogP contribution in [-0.4, -0.2) is 29.8 Å². The van der Waals surface area contributed by atoms with Gasteiger partial charge in [-0.3, -0.25) is 15.1 Å². The topological polar surface area (TPSA) is 66.4 Å². The molecule has 0 atom stereocenters. The van der Waals surface area contributed by atoms with Gasteiger partial charge in [-0.2, -0.15) is 0 Å². The van der Waals surface area contributed by atoms with Gasteiger partial charge in [-0.1, -0.05) is 29.8 Å². The Labute approximate surface area is 143 Å². The van der Waals surface area contributed by atoms with Crippen LogP contribution in [0, 0.1) is 0 Å². The molecule has 0 unspecified atom stereocenters. The normalized spacial score (nSPS) is 14.6. The number of aliphatic imine (C=N–C) groups is 1. The zero-order valence-corrected chi connectivity index (χ0v) is 14.1. The van der Waals surface area contributed by atoms with E-state index in [0.29, 0.717) is 23.9 Å². The molecule has 120 valence electrons. The monoisotopic (exact) mass is 348 g/mol. The molecule has 1 aliphatic rings. The molecule has 5 nitrogen and oxygen atoms in total. The molecule has 0 bridgehead atoms. The van der Waals surface area contributed by atoms with E-state index in [1.165, 1.54) is 11.3 Å². The standard InChI is InChI=1S/C16H17ClN4OS/c17-13-6-2-1-5-11(13)9-12-10-20-16(23-12)21-15(22)14-18-7-3-4-8-19-14/h1-2,5-6,10H,3-4,7-9H2,(H,18,19)(H,20,21,22). The van der Waals surface area contributed by atoms with Crippen LogP contribution in [0.3, 0.4) is 0 Å². The van der Waals surface area contributed by atoms with Crippen LogP contribution in [0.2, 0.25) is 5.02 Å². The van der Waals surface area contributed by atoms with Crippen molar-refractivity contribution in [2.45, 2.75) is 19.3 Å². The lowest BCUT2D eigenvalue weighted by atomic mass is 10.1. The van der Waals surface area contributed by atoms with Crippen molar-refractivity contribution in [2.75, 3.05) is 18.4 Å². The van der Waals surface area contributed by atoms with Crippen molar-refractivity contribution in [3.63, 3.8) is 0 Å². The van der Waals surface area contributed by atoms with Gasteiger partial charge in [0.05, 0.1) is 0 Å². The van der Waals surface area contributed by atoms with Gasteiger partial charge in [-0.05, 0) is 24.5 Å². The highest BCUT2D eigenvalue weighted by Crippen LogP contribution is 2.24. The molecule has 0 saturated heterocycles. The van der Waals surface area contributed by atoms with E-state index in [1.54, 1.807) is 6.20 Å². The predicted molar refractivity (Wildman–Crippen MR) is 94.5 cm³/mol. The average Bonchev–Trinajstić information content (AvgIpc) is 2.81. The maximum absolute atomic E-state index is 12.2. The Balaban J connectivity index is 1.64. The summed E-state index contributed by atoms with van der Waals surface area (Å²) >= 11 is 7.62. The minimum atomic E-state index is -0.231. The first-order valence-electron chi connectivity index (χ1n) is 7.50. The highest BCUT2D eigenvalue weighted by atomic mass is 35.5. The van der Waals surface area contributed by atoms with Crippen LogP contribution in [0.5, 0.6) is 0 Å². The lowest BCUT2D eigenvalue weighted by Crippen LogP contribution is -2.35. The Morgan fingerprint density at radius 3 is 3.09 bits per heavy atom. The average molecular weight is 349 g/mol. The molecule has 1 amide bonds. The third-order valence-electron chi connectivity index (χ3n) is 3.46. The maximum Gasteiger partial charge on any atom is 0.292 e. The third-order valence-corrected chi connectivity index (χ3v) is 4.74. The summed E-state index contributed by atoms with van der Waals surface area (Å²) < 4.78 is 0. The molecule has 3 rings (SSSR count). The van der Waals surface area contributed by atoms with Crippen molar-refractivity contribution >= 4 is 39.8 Å². The molecule has 2 aromatic rings. The molecule has 1 aliphatic heterocycles. The van der Waals surface area contributed by atoms with Crippen LogP contribution in [0.25, 0.3) is 0 Å². The summed E-state index contributed by atoms with van der Waals surface area (Å²) in [6.45, 7) is 1.47. The zero-order chi connectivity index (χ0) is 16.1. The van der Waals surface area contributed by atoms with Crippen molar-refractivity contribution in [1.29, 1.82) is 0 Å². The number of hydrogen-bond donors (Lipinski definition) is 2. The number of nitrogens with zero attached hydrogens (tertiary/aromatic N) is 2. The van der Waals surface area contributed by atoms with Crippen molar-refractivity contribution in [3.05, 3.63) is 45.9 Å². The Morgan fingerprint density at radius 1 is 1.35 bits per heavy atom. The van der Waals surface area contributed by atoms with Crippen molar-refractivity contribution in [1.82, 2.24) is 10.3 Å². The molecule has 7 heteroatoms. The number of benzene rings is 1. The highest BCUT2D eigenvalue weighted by molar-refractivity contribution is 7.15. The first-order chi connectivity index (χ1) is 11.2. The van der Waals surface area contributed by atoms with Gasteiger partial charge >= 0.3 is 0 Å². The van der Waals surface area contributed by atoms with Gasteiger partial charge in [0.25, 0.3) is 5.91 Å². The van der Waals surface area contributed by atoms with E-state index in [1.807, 2.05) is 24.3 Å². The van der Waals surface area contributed by atoms with Gasteiger partial charge in [-0.25, -0.2) is 4.98 Å². The van der Waals surface area contributed by atoms with Crippen LogP contribution in [0.15, 0.2) is 35.5 Å². The number of amides is 1. The lowest BCUT2D eigenvalue weighted by Gasteiger charge is -2.05. The Morgan fingerprint density at radius 2 is 2.22 bits per heavy atom. The molecular weight excluding hydrogens is 332 g/mol. The minimum absolute atomic E-state index is 0.231. The minimum Gasteiger partial charge on any atom is -0.366 e. The van der Waals surface area contributed by atoms with E-state index in [4.69, 9.17) is 11.6 Å². The third kappa shape index (κ3) is 4.30. The second kappa shape index (κ2) is 7.57. The van der Waals surface area contributed by atoms with E-state index in [-0.39, 0.29) is 5.91 Å². The van der Waals surface area contributed by atoms with E-state index >= 15 is 0 Å². The fraction of sp³-hybridized carbons (Fsp3) is 0.312. The van der Waals surface area contributed by atoms with Crippen LogP contribution >= 0.6 is 22.9 Å². The van der Waals surface area contributed by atoms with Crippen LogP contribution in [-0.2, 0) is 11.2 Å². The molecule has 0 saturated carbocycles. The molecule has 1 aromatic heterocycles. The SMILES string of the molecule is O=C(Nc1ncc(Cc2ccccc2Cl)s1)C1=NCCCCN1. The molecule has 0 aliphatic carbocycles. The van der Waals surface area contributed by atoms with Gasteiger partial charge in [-0.15, -0.1) is 11.3 Å². The molecule has 0 fully saturated rings. The smallest absolute Gasteiger partial charge is 0.292 e. The van der Waals surface area contributed by atoms with Crippen LogP contribution in [0.4, 0.5) is 5.13 Å². The number of thiazole rings is 1. The quantitative estimate of drug-likeness (QED) is 0.892. The van der Waals surface area contributed by atoms with Crippen molar-refractivity contribution in [3.8, 4) is 0 Å². The largest absolute Gasteiger partial charge is 0.366 e. The summed E-state index contributed by atoms with van der Waals surface area (Å²) in [5.74, 6) is 0.163. The van der Waals surface area contributed by atoms with Gasteiger partial charge in [0.1, 0.15) is 0 Å². The fourth-order valence-corrected chi connectivity index (χ4v) is 3.31. The number of halogens is 1. The summed E-state index contributed by atoms with van der Waals surface area (Å²) in [4.78, 5) is 21.7. The van der Waals surface area contributed by atoms with Crippen molar-refractivity contribution in [2.24, 2.45) is 4.99 Å². The van der Waals surface area contributed by atoms with E-state index < -0.39 is 0 Å². The van der Waals surface area contributed by atoms with Crippen molar-refractivity contribution < 1.29 is 4.79 Å². The number of carbonyl (C=O) groups is 1. The van der Waals surface area contributed by atoms with Gasteiger partial charge in [0.15, 0.2) is 11.0 Å². The van der Waals surface area contributed by atoms with E-state index in [0.717, 1.165) is 34.8 Å². The molecule has 0 radical (unpaired) electrons. The molecule has 23 heavy (non-hydrogen) atoms. The Hall–Kier alpha value is -1.92. The Bertz CT molecular complexity index is 728. The van der Waals surface area contributed by atoms with Gasteiger partial charge < -0.3 is 5.32 Å². The summed E-state index contributed by atoms with van der Waals surface area (Å²) in [6, 6.07) is 7.73. The van der Waals surface area contributed by atoms with Gasteiger partial charge in [0, 0.05) is 35.6 Å². The number of nitrogens with one attached hydrogen (secondary N) is 2. The number of carbonyl (C=O) groups excluding carboxylic acids is 1. The first-order valence-corrected chi connectivity index (χ1v) is 8.69. The van der Waals surface area contributed by atoms with Crippen LogP contribution < -0.4 is 10.6 Å². The molecule has 1 aromatic carbocycles. The van der Waals surface area contributed by atoms with E-state index in [2.05, 4.69) is 20.6 Å². The lowest BCUT2D eigenvalue weighted by molar-refractivity contribution is -0.110. The molecular formula is C16H17ClN4OS.